The molecule has 4 heteroatoms. The number of hydrogen-bond donors (Lipinski definition) is 1. The van der Waals surface area contributed by atoms with E-state index >= 15 is 0 Å². The van der Waals surface area contributed by atoms with E-state index in [-0.39, 0.29) is 0 Å². The minimum Gasteiger partial charge on any atom is -0.354 e. The first kappa shape index (κ1) is 11.5. The lowest BCUT2D eigenvalue weighted by molar-refractivity contribution is 0.352. The van der Waals surface area contributed by atoms with Crippen LogP contribution in [0.2, 0.25) is 0 Å². The summed E-state index contributed by atoms with van der Waals surface area (Å²) in [6.45, 7) is 9.00. The molecule has 1 aliphatic heterocycles. The van der Waals surface area contributed by atoms with Gasteiger partial charge in [0.25, 0.3) is 0 Å². The highest BCUT2D eigenvalue weighted by atomic mass is 15.2. The van der Waals surface area contributed by atoms with Gasteiger partial charge in [-0.15, -0.1) is 0 Å². The van der Waals surface area contributed by atoms with Gasteiger partial charge in [0, 0.05) is 31.5 Å². The van der Waals surface area contributed by atoms with Gasteiger partial charge in [0.05, 0.1) is 0 Å². The maximum atomic E-state index is 4.33. The normalized spacial score (nSPS) is 17.2. The minimum atomic E-state index is 0.469. The van der Waals surface area contributed by atoms with E-state index in [1.165, 1.54) is 25.9 Å². The van der Waals surface area contributed by atoms with Gasteiger partial charge in [0.15, 0.2) is 0 Å². The van der Waals surface area contributed by atoms with Crippen molar-refractivity contribution in [1.29, 1.82) is 0 Å². The molecule has 0 radical (unpaired) electrons. The molecule has 0 amide bonds. The summed E-state index contributed by atoms with van der Waals surface area (Å²) in [5.41, 5.74) is 0. The third-order valence-corrected chi connectivity index (χ3v) is 3.13. The maximum absolute atomic E-state index is 4.33. The lowest BCUT2D eigenvalue weighted by Crippen LogP contribution is -2.26. The van der Waals surface area contributed by atoms with Crippen LogP contribution in [0.3, 0.4) is 0 Å². The molecule has 90 valence electrons. The molecule has 4 nitrogen and oxygen atoms in total. The molecule has 1 aliphatic rings. The zero-order valence-electron chi connectivity index (χ0n) is 10.3. The Bertz CT molecular complexity index is 313. The fraction of sp³-hybridized carbons (Fsp3) is 0.750. The Morgan fingerprint density at radius 3 is 2.81 bits per heavy atom. The number of anilines is 1. The molecule has 0 saturated carbocycles. The first-order valence-electron chi connectivity index (χ1n) is 6.26. The summed E-state index contributed by atoms with van der Waals surface area (Å²) in [7, 11) is 0. The zero-order chi connectivity index (χ0) is 11.4. The Balaban J connectivity index is 1.78. The average Bonchev–Trinajstić information content (AvgIpc) is 2.87. The molecule has 1 aromatic rings. The topological polar surface area (TPSA) is 33.1 Å². The van der Waals surface area contributed by atoms with E-state index in [1.807, 2.05) is 12.4 Å². The first-order chi connectivity index (χ1) is 7.77. The highest BCUT2D eigenvalue weighted by molar-refractivity contribution is 5.26. The number of nitrogens with zero attached hydrogens (tertiary/aromatic N) is 3. The molecule has 0 aromatic carbocycles. The molecule has 0 aliphatic carbocycles. The molecule has 0 spiro atoms. The van der Waals surface area contributed by atoms with Gasteiger partial charge >= 0.3 is 0 Å². The van der Waals surface area contributed by atoms with Crippen LogP contribution in [0.4, 0.5) is 5.95 Å². The second-order valence-corrected chi connectivity index (χ2v) is 4.73. The zero-order valence-corrected chi connectivity index (χ0v) is 10.3. The molecule has 0 bridgehead atoms. The number of aromatic nitrogens is 2. The van der Waals surface area contributed by atoms with Crippen LogP contribution in [0.1, 0.15) is 32.7 Å². The van der Waals surface area contributed by atoms with Crippen molar-refractivity contribution in [3.63, 3.8) is 0 Å². The first-order valence-corrected chi connectivity index (χ1v) is 6.26. The van der Waals surface area contributed by atoms with E-state index in [1.54, 1.807) is 0 Å². The van der Waals surface area contributed by atoms with Crippen molar-refractivity contribution in [2.75, 3.05) is 31.5 Å². The van der Waals surface area contributed by atoms with Crippen LogP contribution in [0, 0.1) is 0 Å². The summed E-state index contributed by atoms with van der Waals surface area (Å²) < 4.78 is 2.17. The van der Waals surface area contributed by atoms with Gasteiger partial charge in [-0.25, -0.2) is 4.98 Å². The van der Waals surface area contributed by atoms with Crippen LogP contribution < -0.4 is 5.32 Å². The molecule has 2 rings (SSSR count). The Morgan fingerprint density at radius 2 is 2.12 bits per heavy atom. The van der Waals surface area contributed by atoms with Crippen molar-refractivity contribution in [3.8, 4) is 0 Å². The molecule has 1 N–H and O–H groups in total. The second-order valence-electron chi connectivity index (χ2n) is 4.73. The quantitative estimate of drug-likeness (QED) is 0.827. The van der Waals surface area contributed by atoms with Gasteiger partial charge in [-0.3, -0.25) is 0 Å². The summed E-state index contributed by atoms with van der Waals surface area (Å²) in [4.78, 5) is 6.84. The second kappa shape index (κ2) is 5.34. The van der Waals surface area contributed by atoms with Crippen LogP contribution in [-0.2, 0) is 0 Å². The van der Waals surface area contributed by atoms with Gasteiger partial charge in [0.2, 0.25) is 5.95 Å². The third-order valence-electron chi connectivity index (χ3n) is 3.13. The Labute approximate surface area is 97.7 Å². The van der Waals surface area contributed by atoms with Crippen molar-refractivity contribution in [3.05, 3.63) is 12.4 Å². The van der Waals surface area contributed by atoms with Crippen LogP contribution >= 0.6 is 0 Å². The molecule has 0 atom stereocenters. The van der Waals surface area contributed by atoms with Gasteiger partial charge in [-0.2, -0.15) is 0 Å². The molecule has 1 fully saturated rings. The lowest BCUT2D eigenvalue weighted by atomic mass is 10.4. The summed E-state index contributed by atoms with van der Waals surface area (Å²) in [6, 6.07) is 0.469. The van der Waals surface area contributed by atoms with E-state index in [0.717, 1.165) is 19.0 Å². The van der Waals surface area contributed by atoms with Gasteiger partial charge in [-0.1, -0.05) is 0 Å². The number of hydrogen-bond acceptors (Lipinski definition) is 3. The van der Waals surface area contributed by atoms with E-state index in [4.69, 9.17) is 0 Å². The van der Waals surface area contributed by atoms with E-state index in [9.17, 15) is 0 Å². The van der Waals surface area contributed by atoms with Crippen LogP contribution in [-0.4, -0.2) is 40.6 Å². The van der Waals surface area contributed by atoms with Crippen LogP contribution in [0.15, 0.2) is 12.4 Å². The number of likely N-dealkylation sites (tertiary alicyclic amines) is 1. The molecule has 0 unspecified atom stereocenters. The largest absolute Gasteiger partial charge is 0.354 e. The summed E-state index contributed by atoms with van der Waals surface area (Å²) in [6.07, 6.45) is 6.61. The van der Waals surface area contributed by atoms with Gasteiger partial charge in [-0.05, 0) is 39.8 Å². The molecule has 16 heavy (non-hydrogen) atoms. The van der Waals surface area contributed by atoms with Crippen LogP contribution in [0.5, 0.6) is 0 Å². The van der Waals surface area contributed by atoms with Crippen LogP contribution in [0.25, 0.3) is 0 Å². The van der Waals surface area contributed by atoms with E-state index < -0.39 is 0 Å². The Hall–Kier alpha value is -1.03. The standard InChI is InChI=1S/C12H22N4/c1-11(2)16-10-6-14-12(16)13-5-9-15-7-3-4-8-15/h6,10-11H,3-5,7-9H2,1-2H3,(H,13,14). The monoisotopic (exact) mass is 222 g/mol. The average molecular weight is 222 g/mol. The lowest BCUT2D eigenvalue weighted by Gasteiger charge is -2.16. The summed E-state index contributed by atoms with van der Waals surface area (Å²) >= 11 is 0. The van der Waals surface area contributed by atoms with Crippen molar-refractivity contribution >= 4 is 5.95 Å². The summed E-state index contributed by atoms with van der Waals surface area (Å²) in [5.74, 6) is 0.995. The third kappa shape index (κ3) is 2.76. The van der Waals surface area contributed by atoms with Crippen molar-refractivity contribution < 1.29 is 0 Å². The molecule has 1 saturated heterocycles. The predicted octanol–water partition coefficient (Wildman–Crippen LogP) is 1.97. The van der Waals surface area contributed by atoms with Crippen molar-refractivity contribution in [1.82, 2.24) is 14.5 Å². The van der Waals surface area contributed by atoms with Gasteiger partial charge in [0.1, 0.15) is 0 Å². The van der Waals surface area contributed by atoms with E-state index in [0.29, 0.717) is 6.04 Å². The fourth-order valence-electron chi connectivity index (χ4n) is 2.20. The van der Waals surface area contributed by atoms with Crippen molar-refractivity contribution in [2.45, 2.75) is 32.7 Å². The number of nitrogens with one attached hydrogen (secondary N) is 1. The fourth-order valence-corrected chi connectivity index (χ4v) is 2.20. The molecular weight excluding hydrogens is 200 g/mol. The number of rotatable bonds is 5. The van der Waals surface area contributed by atoms with Gasteiger partial charge < -0.3 is 14.8 Å². The highest BCUT2D eigenvalue weighted by Crippen LogP contribution is 2.12. The predicted molar refractivity (Wildman–Crippen MR) is 66.8 cm³/mol. The number of imidazole rings is 1. The minimum absolute atomic E-state index is 0.469. The maximum Gasteiger partial charge on any atom is 0.203 e. The van der Waals surface area contributed by atoms with E-state index in [2.05, 4.69) is 33.6 Å². The Morgan fingerprint density at radius 1 is 1.38 bits per heavy atom. The molecule has 1 aromatic heterocycles. The van der Waals surface area contributed by atoms with Crippen molar-refractivity contribution in [2.24, 2.45) is 0 Å². The SMILES string of the molecule is CC(C)n1ccnc1NCCN1CCCC1. The molecular formula is C12H22N4. The Kier molecular flexibility index (Phi) is 3.83. The smallest absolute Gasteiger partial charge is 0.203 e. The summed E-state index contributed by atoms with van der Waals surface area (Å²) in [5, 5.41) is 3.41. The molecule has 2 heterocycles. The highest BCUT2D eigenvalue weighted by Gasteiger charge is 2.11.